The second kappa shape index (κ2) is 12.4. The Balaban J connectivity index is 2.06. The Morgan fingerprint density at radius 3 is 2.48 bits per heavy atom. The zero-order valence-corrected chi connectivity index (χ0v) is 19.4. The van der Waals surface area contributed by atoms with Crippen molar-refractivity contribution in [2.75, 3.05) is 13.2 Å². The molecule has 0 saturated heterocycles. The number of carbonyl (C=O) groups is 3. The molecule has 0 fully saturated rings. The molecule has 0 aromatic heterocycles. The number of nitrogens with one attached hydrogen (secondary N) is 2. The summed E-state index contributed by atoms with van der Waals surface area (Å²) in [7, 11) is 0. The van der Waals surface area contributed by atoms with Gasteiger partial charge in [0, 0.05) is 0 Å². The van der Waals surface area contributed by atoms with Gasteiger partial charge in [0.2, 0.25) is 0 Å². The van der Waals surface area contributed by atoms with Crippen LogP contribution in [0.15, 0.2) is 47.6 Å². The third kappa shape index (κ3) is 7.80. The highest BCUT2D eigenvalue weighted by molar-refractivity contribution is 6.33. The molecule has 0 aliphatic heterocycles. The van der Waals surface area contributed by atoms with Crippen LogP contribution in [-0.2, 0) is 9.59 Å². The first-order chi connectivity index (χ1) is 15.7. The predicted molar refractivity (Wildman–Crippen MR) is 126 cm³/mol. The number of nitrogens with two attached hydrogens (primary N) is 1. The summed E-state index contributed by atoms with van der Waals surface area (Å²) in [6.07, 6.45) is 1.42. The highest BCUT2D eigenvalue weighted by Crippen LogP contribution is 2.28. The lowest BCUT2D eigenvalue weighted by Crippen LogP contribution is -2.48. The Morgan fingerprint density at radius 2 is 1.85 bits per heavy atom. The van der Waals surface area contributed by atoms with Crippen molar-refractivity contribution >= 4 is 35.5 Å². The molecule has 2 aromatic carbocycles. The molecule has 4 N–H and O–H groups in total. The number of amides is 3. The maximum atomic E-state index is 12.6. The molecule has 0 saturated carbocycles. The van der Waals surface area contributed by atoms with E-state index in [0.29, 0.717) is 28.7 Å². The van der Waals surface area contributed by atoms with Gasteiger partial charge in [-0.05, 0) is 48.7 Å². The molecule has 9 nitrogen and oxygen atoms in total. The third-order valence-corrected chi connectivity index (χ3v) is 4.71. The van der Waals surface area contributed by atoms with Crippen LogP contribution in [0.1, 0.15) is 36.7 Å². The average molecular weight is 475 g/mol. The molecule has 33 heavy (non-hydrogen) atoms. The summed E-state index contributed by atoms with van der Waals surface area (Å²) in [6, 6.07) is 10.7. The highest BCUT2D eigenvalue weighted by Gasteiger charge is 2.25. The van der Waals surface area contributed by atoms with Crippen LogP contribution in [0.2, 0.25) is 5.02 Å². The molecule has 0 spiro atoms. The van der Waals surface area contributed by atoms with Gasteiger partial charge in [0.25, 0.3) is 17.7 Å². The van der Waals surface area contributed by atoms with Crippen LogP contribution in [0.5, 0.6) is 11.5 Å². The van der Waals surface area contributed by atoms with Gasteiger partial charge in [-0.2, -0.15) is 5.10 Å². The van der Waals surface area contributed by atoms with Gasteiger partial charge in [0.15, 0.2) is 18.1 Å². The number of nitrogens with zero attached hydrogens (tertiary/aromatic N) is 1. The van der Waals surface area contributed by atoms with E-state index in [2.05, 4.69) is 15.8 Å². The van der Waals surface area contributed by atoms with Crippen molar-refractivity contribution in [2.45, 2.75) is 26.8 Å². The van der Waals surface area contributed by atoms with Gasteiger partial charge in [-0.1, -0.05) is 37.6 Å². The van der Waals surface area contributed by atoms with E-state index in [1.165, 1.54) is 6.21 Å². The summed E-state index contributed by atoms with van der Waals surface area (Å²) in [5.41, 5.74) is 8.44. The van der Waals surface area contributed by atoms with Crippen LogP contribution in [0.4, 0.5) is 0 Å². The Hall–Kier alpha value is -3.59. The normalized spacial score (nSPS) is 11.8. The third-order valence-electron chi connectivity index (χ3n) is 4.38. The molecular formula is C23H27ClN4O5. The fraction of sp³-hybridized carbons (Fsp3) is 0.304. The van der Waals surface area contributed by atoms with Gasteiger partial charge in [-0.25, -0.2) is 5.43 Å². The van der Waals surface area contributed by atoms with Gasteiger partial charge in [-0.3, -0.25) is 14.4 Å². The standard InChI is InChI=1S/C23H27ClN4O5/c1-4-32-19-11-15(9-10-18(19)33-13-20(25)29)12-26-28-23(31)21(14(2)3)27-22(30)16-7-5-6-8-17(16)24/h5-12,14,21H,4,13H2,1-3H3,(H2,25,29)(H,27,30)(H,28,31). The summed E-state index contributed by atoms with van der Waals surface area (Å²) in [5, 5.41) is 6.97. The number of primary amides is 1. The van der Waals surface area contributed by atoms with E-state index < -0.39 is 23.8 Å². The number of halogens is 1. The Kier molecular flexibility index (Phi) is 9.68. The number of benzene rings is 2. The molecule has 10 heteroatoms. The van der Waals surface area contributed by atoms with Crippen LogP contribution < -0.4 is 25.9 Å². The lowest BCUT2D eigenvalue weighted by atomic mass is 10.0. The number of hydrazone groups is 1. The van der Waals surface area contributed by atoms with E-state index in [9.17, 15) is 14.4 Å². The second-order valence-electron chi connectivity index (χ2n) is 7.30. The van der Waals surface area contributed by atoms with E-state index in [1.54, 1.807) is 56.3 Å². The van der Waals surface area contributed by atoms with Crippen molar-refractivity contribution < 1.29 is 23.9 Å². The maximum Gasteiger partial charge on any atom is 0.262 e. The van der Waals surface area contributed by atoms with Crippen LogP contribution in [-0.4, -0.2) is 43.2 Å². The molecular weight excluding hydrogens is 448 g/mol. The number of hydrogen-bond acceptors (Lipinski definition) is 6. The topological polar surface area (TPSA) is 132 Å². The molecule has 0 aliphatic carbocycles. The number of carbonyl (C=O) groups excluding carboxylic acids is 3. The van der Waals surface area contributed by atoms with Gasteiger partial charge in [-0.15, -0.1) is 0 Å². The van der Waals surface area contributed by atoms with E-state index in [4.69, 9.17) is 26.8 Å². The van der Waals surface area contributed by atoms with Gasteiger partial charge in [0.05, 0.1) is 23.4 Å². The Labute approximate surface area is 197 Å². The highest BCUT2D eigenvalue weighted by atomic mass is 35.5. The molecule has 0 aliphatic rings. The first kappa shape index (κ1) is 25.7. The largest absolute Gasteiger partial charge is 0.490 e. The molecule has 0 heterocycles. The van der Waals surface area contributed by atoms with Crippen molar-refractivity contribution in [3.05, 3.63) is 58.6 Å². The zero-order chi connectivity index (χ0) is 24.4. The van der Waals surface area contributed by atoms with E-state index in [0.717, 1.165) is 0 Å². The summed E-state index contributed by atoms with van der Waals surface area (Å²) in [4.78, 5) is 36.1. The Morgan fingerprint density at radius 1 is 1.12 bits per heavy atom. The van der Waals surface area contributed by atoms with Crippen molar-refractivity contribution in [1.29, 1.82) is 0 Å². The van der Waals surface area contributed by atoms with Crippen molar-refractivity contribution in [3.8, 4) is 11.5 Å². The maximum absolute atomic E-state index is 12.6. The lowest BCUT2D eigenvalue weighted by molar-refractivity contribution is -0.124. The summed E-state index contributed by atoms with van der Waals surface area (Å²) < 4.78 is 10.8. The number of ether oxygens (including phenoxy) is 2. The zero-order valence-electron chi connectivity index (χ0n) is 18.6. The van der Waals surface area contributed by atoms with Crippen molar-refractivity contribution in [3.63, 3.8) is 0 Å². The fourth-order valence-corrected chi connectivity index (χ4v) is 3.00. The minimum Gasteiger partial charge on any atom is -0.490 e. The first-order valence-electron chi connectivity index (χ1n) is 10.3. The molecule has 1 unspecified atom stereocenters. The number of rotatable bonds is 11. The molecule has 0 radical (unpaired) electrons. The molecule has 176 valence electrons. The van der Waals surface area contributed by atoms with E-state index >= 15 is 0 Å². The minimum atomic E-state index is -0.825. The predicted octanol–water partition coefficient (Wildman–Crippen LogP) is 2.51. The van der Waals surface area contributed by atoms with Crippen molar-refractivity contribution in [2.24, 2.45) is 16.8 Å². The van der Waals surface area contributed by atoms with Gasteiger partial charge < -0.3 is 20.5 Å². The Bertz CT molecular complexity index is 1030. The molecule has 1 atom stereocenters. The lowest BCUT2D eigenvalue weighted by Gasteiger charge is -2.20. The van der Waals surface area contributed by atoms with Crippen molar-refractivity contribution in [1.82, 2.24) is 10.7 Å². The fourth-order valence-electron chi connectivity index (χ4n) is 2.78. The average Bonchev–Trinajstić information content (AvgIpc) is 2.76. The smallest absolute Gasteiger partial charge is 0.262 e. The van der Waals surface area contributed by atoms with Gasteiger partial charge >= 0.3 is 0 Å². The molecule has 3 amide bonds. The van der Waals surface area contributed by atoms with Crippen LogP contribution in [0.3, 0.4) is 0 Å². The SMILES string of the molecule is CCOc1cc(C=NNC(=O)C(NC(=O)c2ccccc2Cl)C(C)C)ccc1OCC(N)=O. The van der Waals surface area contributed by atoms with Crippen LogP contribution >= 0.6 is 11.6 Å². The number of hydrogen-bond donors (Lipinski definition) is 3. The first-order valence-corrected chi connectivity index (χ1v) is 10.7. The minimum absolute atomic E-state index is 0.196. The monoisotopic (exact) mass is 474 g/mol. The molecule has 0 bridgehead atoms. The summed E-state index contributed by atoms with van der Waals surface area (Å²) in [6.45, 7) is 5.52. The summed E-state index contributed by atoms with van der Waals surface area (Å²) in [5.74, 6) is -0.968. The van der Waals surface area contributed by atoms with Gasteiger partial charge in [0.1, 0.15) is 6.04 Å². The van der Waals surface area contributed by atoms with E-state index in [1.807, 2.05) is 6.92 Å². The second-order valence-corrected chi connectivity index (χ2v) is 7.71. The summed E-state index contributed by atoms with van der Waals surface area (Å²) >= 11 is 6.07. The molecule has 2 rings (SSSR count). The quantitative estimate of drug-likeness (QED) is 0.340. The van der Waals surface area contributed by atoms with Crippen LogP contribution in [0, 0.1) is 5.92 Å². The molecule has 2 aromatic rings. The van der Waals surface area contributed by atoms with E-state index in [-0.39, 0.29) is 18.1 Å². The van der Waals surface area contributed by atoms with Crippen LogP contribution in [0.25, 0.3) is 0 Å².